The molecule has 2 heterocycles. The summed E-state index contributed by atoms with van der Waals surface area (Å²) in [5.41, 5.74) is 0.704. The maximum absolute atomic E-state index is 12.3. The van der Waals surface area contributed by atoms with Crippen LogP contribution in [0.5, 0.6) is 0 Å². The predicted octanol–water partition coefficient (Wildman–Crippen LogP) is 1.10. The average molecular weight is 399 g/mol. The Morgan fingerprint density at radius 2 is 2.04 bits per heavy atom. The van der Waals surface area contributed by atoms with Gasteiger partial charge in [0.25, 0.3) is 0 Å². The molecule has 1 aromatic rings. The van der Waals surface area contributed by atoms with Gasteiger partial charge in [-0.3, -0.25) is 9.59 Å². The molecule has 1 aromatic heterocycles. The Balaban J connectivity index is 1.35. The Morgan fingerprint density at radius 1 is 1.31 bits per heavy atom. The number of aryl methyl sites for hydroxylation is 1. The van der Waals surface area contributed by atoms with Crippen LogP contribution in [0, 0.1) is 5.92 Å². The van der Waals surface area contributed by atoms with Crippen molar-refractivity contribution >= 4 is 38.4 Å². The van der Waals surface area contributed by atoms with Gasteiger partial charge in [0.1, 0.15) is 5.92 Å². The summed E-state index contributed by atoms with van der Waals surface area (Å²) in [5.74, 6) is -1.18. The van der Waals surface area contributed by atoms with E-state index in [2.05, 4.69) is 10.3 Å². The number of sulfonamides is 1. The lowest BCUT2D eigenvalue weighted by atomic mass is 10.0. The first-order chi connectivity index (χ1) is 12.4. The van der Waals surface area contributed by atoms with Crippen LogP contribution in [-0.2, 0) is 30.8 Å². The van der Waals surface area contributed by atoms with Crippen LogP contribution in [0.2, 0.25) is 0 Å². The monoisotopic (exact) mass is 399 g/mol. The van der Waals surface area contributed by atoms with E-state index in [1.165, 1.54) is 15.6 Å². The van der Waals surface area contributed by atoms with Crippen molar-refractivity contribution in [1.29, 1.82) is 0 Å². The zero-order chi connectivity index (χ0) is 18.5. The fourth-order valence-electron chi connectivity index (χ4n) is 3.35. The van der Waals surface area contributed by atoms with E-state index in [1.54, 1.807) is 6.92 Å². The van der Waals surface area contributed by atoms with Crippen LogP contribution in [0.15, 0.2) is 0 Å². The van der Waals surface area contributed by atoms with Crippen LogP contribution in [-0.4, -0.2) is 54.5 Å². The molecule has 1 aliphatic heterocycles. The molecule has 0 spiro atoms. The van der Waals surface area contributed by atoms with E-state index in [1.807, 2.05) is 0 Å². The molecule has 1 saturated carbocycles. The Kier molecular flexibility index (Phi) is 4.52. The van der Waals surface area contributed by atoms with Gasteiger partial charge in [-0.15, -0.1) is 11.3 Å². The van der Waals surface area contributed by atoms with Crippen molar-refractivity contribution in [3.05, 3.63) is 10.6 Å². The zero-order valence-corrected chi connectivity index (χ0v) is 16.1. The van der Waals surface area contributed by atoms with Gasteiger partial charge in [-0.2, -0.15) is 4.31 Å². The topological polar surface area (TPSA) is 106 Å². The number of fused-ring (bicyclic) bond motifs is 1. The van der Waals surface area contributed by atoms with Crippen LogP contribution in [0.1, 0.15) is 42.7 Å². The molecular weight excluding hydrogens is 378 g/mol. The molecule has 0 aromatic carbocycles. The van der Waals surface area contributed by atoms with Gasteiger partial charge in [-0.1, -0.05) is 0 Å². The summed E-state index contributed by atoms with van der Waals surface area (Å²) in [6.45, 7) is 2.58. The van der Waals surface area contributed by atoms with Crippen molar-refractivity contribution in [2.75, 3.05) is 25.0 Å². The van der Waals surface area contributed by atoms with E-state index in [0.29, 0.717) is 23.9 Å². The maximum Gasteiger partial charge on any atom is 0.315 e. The number of carbonyl (C=O) groups excluding carboxylic acids is 2. The quantitative estimate of drug-likeness (QED) is 0.718. The molecule has 0 radical (unpaired) electrons. The van der Waals surface area contributed by atoms with E-state index < -0.39 is 10.0 Å². The molecule has 1 saturated heterocycles. The van der Waals surface area contributed by atoms with Crippen molar-refractivity contribution in [2.45, 2.75) is 43.8 Å². The number of nitrogens with zero attached hydrogens (tertiary/aromatic N) is 2. The molecule has 142 valence electrons. The van der Waals surface area contributed by atoms with Crippen LogP contribution in [0.3, 0.4) is 0 Å². The third-order valence-corrected chi connectivity index (χ3v) is 8.42. The van der Waals surface area contributed by atoms with E-state index in [-0.39, 0.29) is 42.1 Å². The van der Waals surface area contributed by atoms with Gasteiger partial charge >= 0.3 is 5.97 Å². The Bertz CT molecular complexity index is 840. The van der Waals surface area contributed by atoms with E-state index in [9.17, 15) is 18.0 Å². The van der Waals surface area contributed by atoms with Crippen LogP contribution in [0.25, 0.3) is 0 Å². The fraction of sp³-hybridized carbons (Fsp3) is 0.688. The third kappa shape index (κ3) is 3.14. The van der Waals surface area contributed by atoms with Gasteiger partial charge in [0.05, 0.1) is 23.5 Å². The molecule has 1 atom stereocenters. The molecular formula is C16H21N3O5S2. The molecule has 0 bridgehead atoms. The standard InChI is InChI=1S/C16H21N3O5S2/c1-2-24-15(21)11-5-6-12-13(11)17-16(25-12)18-14(20)9-7-19(8-9)26(22,23)10-3-4-10/h9-11H,2-8H2,1H3,(H,17,18,20)/t11-/m1/s1. The summed E-state index contributed by atoms with van der Waals surface area (Å²) in [6.07, 6.45) is 2.89. The summed E-state index contributed by atoms with van der Waals surface area (Å²) in [4.78, 5) is 29.7. The molecule has 26 heavy (non-hydrogen) atoms. The number of nitrogens with one attached hydrogen (secondary N) is 1. The number of aromatic nitrogens is 1. The summed E-state index contributed by atoms with van der Waals surface area (Å²) < 4.78 is 30.7. The van der Waals surface area contributed by atoms with Crippen LogP contribution < -0.4 is 5.32 Å². The van der Waals surface area contributed by atoms with Crippen molar-refractivity contribution in [3.8, 4) is 0 Å². The molecule has 2 aliphatic carbocycles. The number of hydrogen-bond acceptors (Lipinski definition) is 7. The highest BCUT2D eigenvalue weighted by Gasteiger charge is 2.47. The van der Waals surface area contributed by atoms with Gasteiger partial charge in [-0.25, -0.2) is 13.4 Å². The molecule has 1 N–H and O–H groups in total. The fourth-order valence-corrected chi connectivity index (χ4v) is 6.32. The first-order valence-corrected chi connectivity index (χ1v) is 11.2. The average Bonchev–Trinajstić information content (AvgIpc) is 3.21. The third-order valence-electron chi connectivity index (χ3n) is 5.04. The normalized spacial score (nSPS) is 23.3. The molecule has 3 aliphatic rings. The van der Waals surface area contributed by atoms with Gasteiger partial charge in [0.15, 0.2) is 5.13 Å². The second-order valence-electron chi connectivity index (χ2n) is 6.92. The predicted molar refractivity (Wildman–Crippen MR) is 95.4 cm³/mol. The second-order valence-corrected chi connectivity index (χ2v) is 10.2. The van der Waals surface area contributed by atoms with Crippen molar-refractivity contribution in [1.82, 2.24) is 9.29 Å². The Labute approximate surface area is 156 Å². The highest BCUT2D eigenvalue weighted by atomic mass is 32.2. The minimum absolute atomic E-state index is 0.215. The largest absolute Gasteiger partial charge is 0.465 e. The smallest absolute Gasteiger partial charge is 0.315 e. The lowest BCUT2D eigenvalue weighted by Gasteiger charge is -2.36. The highest BCUT2D eigenvalue weighted by molar-refractivity contribution is 7.90. The van der Waals surface area contributed by atoms with E-state index in [4.69, 9.17) is 4.74 Å². The second kappa shape index (κ2) is 6.58. The van der Waals surface area contributed by atoms with Crippen molar-refractivity contribution in [2.24, 2.45) is 5.92 Å². The maximum atomic E-state index is 12.3. The van der Waals surface area contributed by atoms with Crippen molar-refractivity contribution < 1.29 is 22.7 Å². The number of anilines is 1. The first kappa shape index (κ1) is 17.9. The van der Waals surface area contributed by atoms with Crippen LogP contribution in [0.4, 0.5) is 5.13 Å². The minimum atomic E-state index is -3.20. The number of carbonyl (C=O) groups is 2. The van der Waals surface area contributed by atoms with Crippen LogP contribution >= 0.6 is 11.3 Å². The van der Waals surface area contributed by atoms with Gasteiger partial charge < -0.3 is 10.1 Å². The Morgan fingerprint density at radius 3 is 2.69 bits per heavy atom. The molecule has 0 unspecified atom stereocenters. The molecule has 4 rings (SSSR count). The first-order valence-electron chi connectivity index (χ1n) is 8.86. The molecule has 10 heteroatoms. The Hall–Kier alpha value is -1.52. The lowest BCUT2D eigenvalue weighted by Crippen LogP contribution is -2.55. The van der Waals surface area contributed by atoms with Gasteiger partial charge in [-0.05, 0) is 32.6 Å². The van der Waals surface area contributed by atoms with Crippen molar-refractivity contribution in [3.63, 3.8) is 0 Å². The van der Waals surface area contributed by atoms with Gasteiger partial charge in [0, 0.05) is 18.0 Å². The zero-order valence-electron chi connectivity index (χ0n) is 14.4. The molecule has 8 nitrogen and oxygen atoms in total. The van der Waals surface area contributed by atoms with E-state index >= 15 is 0 Å². The number of ether oxygens (including phenoxy) is 1. The number of thiazole rings is 1. The number of rotatable bonds is 6. The van der Waals surface area contributed by atoms with Gasteiger partial charge in [0.2, 0.25) is 15.9 Å². The summed E-state index contributed by atoms with van der Waals surface area (Å²) in [6, 6.07) is 0. The summed E-state index contributed by atoms with van der Waals surface area (Å²) in [5, 5.41) is 3.00. The summed E-state index contributed by atoms with van der Waals surface area (Å²) >= 11 is 1.38. The highest BCUT2D eigenvalue weighted by Crippen LogP contribution is 2.39. The molecule has 2 fully saturated rings. The SMILES string of the molecule is CCOC(=O)[C@@H]1CCc2sc(NC(=O)C3CN(S(=O)(=O)C4CC4)C3)nc21. The summed E-state index contributed by atoms with van der Waals surface area (Å²) in [7, 11) is -3.20. The number of hydrogen-bond donors (Lipinski definition) is 1. The van der Waals surface area contributed by atoms with E-state index in [0.717, 1.165) is 24.1 Å². The number of esters is 1. The minimum Gasteiger partial charge on any atom is -0.465 e. The lowest BCUT2D eigenvalue weighted by molar-refractivity contribution is -0.145. The number of amides is 1. The molecule has 1 amide bonds.